The number of hydrazine groups is 1. The van der Waals surface area contributed by atoms with Crippen LogP contribution in [-0.4, -0.2) is 29.8 Å². The van der Waals surface area contributed by atoms with Gasteiger partial charge < -0.3 is 0 Å². The molecule has 4 aromatic rings. The molecule has 3 aromatic carbocycles. The predicted octanol–water partition coefficient (Wildman–Crippen LogP) is 3.40. The number of hydrogen-bond donors (Lipinski definition) is 3. The number of anilines is 1. The smallest absolute Gasteiger partial charge is 0.288 e. The summed E-state index contributed by atoms with van der Waals surface area (Å²) in [7, 11) is -3.96. The summed E-state index contributed by atoms with van der Waals surface area (Å²) in [6, 6.07) is 20.7. The zero-order chi connectivity index (χ0) is 24.1. The highest BCUT2D eigenvalue weighted by molar-refractivity contribution is 7.92. The molecule has 4 rings (SSSR count). The van der Waals surface area contributed by atoms with Crippen LogP contribution in [0.15, 0.2) is 96.3 Å². The summed E-state index contributed by atoms with van der Waals surface area (Å²) in [4.78, 5) is 29.0. The zero-order valence-electron chi connectivity index (χ0n) is 17.5. The summed E-state index contributed by atoms with van der Waals surface area (Å²) in [6.45, 7) is 0. The highest BCUT2D eigenvalue weighted by Gasteiger charge is 2.18. The molecule has 0 aliphatic heterocycles. The molecule has 2 amide bonds. The van der Waals surface area contributed by atoms with E-state index in [0.29, 0.717) is 10.7 Å². The molecular formula is C23H18ClN5O4S. The summed E-state index contributed by atoms with van der Waals surface area (Å²) in [5, 5.41) is 0.468. The fraction of sp³-hybridized carbons (Fsp3) is 0. The molecule has 0 unspecified atom stereocenters. The van der Waals surface area contributed by atoms with Crippen LogP contribution < -0.4 is 15.6 Å². The maximum Gasteiger partial charge on any atom is 0.288 e. The Kier molecular flexibility index (Phi) is 6.62. The Morgan fingerprint density at radius 1 is 0.853 bits per heavy atom. The number of imidazole rings is 1. The van der Waals surface area contributed by atoms with Gasteiger partial charge in [0.05, 0.1) is 17.4 Å². The maximum absolute atomic E-state index is 12.7. The van der Waals surface area contributed by atoms with E-state index in [1.54, 1.807) is 28.8 Å². The molecule has 0 saturated heterocycles. The van der Waals surface area contributed by atoms with Crippen molar-refractivity contribution in [2.75, 3.05) is 4.72 Å². The molecule has 1 aromatic heterocycles. The summed E-state index contributed by atoms with van der Waals surface area (Å²) >= 11 is 5.82. The van der Waals surface area contributed by atoms with E-state index in [0.717, 1.165) is 5.69 Å². The molecule has 172 valence electrons. The number of aromatic nitrogens is 2. The molecule has 0 aliphatic rings. The number of carbonyl (C=O) groups is 2. The third-order valence-electron chi connectivity index (χ3n) is 4.70. The second-order valence-electron chi connectivity index (χ2n) is 7.03. The summed E-state index contributed by atoms with van der Waals surface area (Å²) < 4.78 is 29.4. The fourth-order valence-electron chi connectivity index (χ4n) is 3.04. The summed E-state index contributed by atoms with van der Waals surface area (Å²) in [5.74, 6) is -1.29. The van der Waals surface area contributed by atoms with Crippen LogP contribution in [0.1, 0.15) is 20.8 Å². The lowest BCUT2D eigenvalue weighted by Gasteiger charge is -2.11. The van der Waals surface area contributed by atoms with Gasteiger partial charge in [-0.1, -0.05) is 35.9 Å². The Balaban J connectivity index is 1.45. The van der Waals surface area contributed by atoms with Gasteiger partial charge in [0, 0.05) is 22.0 Å². The molecule has 0 radical (unpaired) electrons. The Morgan fingerprint density at radius 2 is 1.56 bits per heavy atom. The molecule has 0 saturated carbocycles. The lowest BCUT2D eigenvalue weighted by molar-refractivity contribution is 0.0842. The number of nitrogens with zero attached hydrogens (tertiary/aromatic N) is 2. The van der Waals surface area contributed by atoms with Gasteiger partial charge in [-0.25, -0.2) is 13.4 Å². The van der Waals surface area contributed by atoms with Crippen molar-refractivity contribution >= 4 is 39.1 Å². The van der Waals surface area contributed by atoms with Crippen LogP contribution in [0.3, 0.4) is 0 Å². The third kappa shape index (κ3) is 5.25. The summed E-state index contributed by atoms with van der Waals surface area (Å²) in [6.07, 6.45) is 2.85. The number of nitrogens with one attached hydrogen (secondary N) is 3. The van der Waals surface area contributed by atoms with Gasteiger partial charge in [0.2, 0.25) is 0 Å². The van der Waals surface area contributed by atoms with Gasteiger partial charge in [-0.2, -0.15) is 0 Å². The number of hydrogen-bond acceptors (Lipinski definition) is 5. The maximum atomic E-state index is 12.7. The molecule has 0 spiro atoms. The van der Waals surface area contributed by atoms with Crippen LogP contribution in [0.5, 0.6) is 0 Å². The highest BCUT2D eigenvalue weighted by atomic mass is 35.5. The largest absolute Gasteiger partial charge is 0.295 e. The Labute approximate surface area is 200 Å². The molecular weight excluding hydrogens is 478 g/mol. The van der Waals surface area contributed by atoms with Gasteiger partial charge in [0.25, 0.3) is 21.8 Å². The predicted molar refractivity (Wildman–Crippen MR) is 127 cm³/mol. The standard InChI is InChI=1S/C23H18ClN5O4S/c24-17-9-11-18(12-10-17)28-34(32,33)20-8-4-5-16(13-20)22(30)26-27-23(31)21-14-25-15-29(21)19-6-2-1-3-7-19/h1-15,28H,(H,26,30)(H,27,31). The number of halogens is 1. The van der Waals surface area contributed by atoms with Gasteiger partial charge >= 0.3 is 0 Å². The Morgan fingerprint density at radius 3 is 2.29 bits per heavy atom. The molecule has 0 atom stereocenters. The first-order valence-corrected chi connectivity index (χ1v) is 11.8. The van der Waals surface area contributed by atoms with Gasteiger partial charge in [-0.05, 0) is 54.6 Å². The number of amides is 2. The molecule has 0 bridgehead atoms. The molecule has 1 heterocycles. The van der Waals surface area contributed by atoms with E-state index in [1.165, 1.54) is 48.9 Å². The highest BCUT2D eigenvalue weighted by Crippen LogP contribution is 2.19. The molecule has 11 heteroatoms. The van der Waals surface area contributed by atoms with Gasteiger partial charge in [-0.15, -0.1) is 0 Å². The van der Waals surface area contributed by atoms with Crippen molar-refractivity contribution in [2.24, 2.45) is 0 Å². The Hall–Kier alpha value is -4.15. The quantitative estimate of drug-likeness (QED) is 0.354. The van der Waals surface area contributed by atoms with Gasteiger partial charge in [-0.3, -0.25) is 29.7 Å². The average Bonchev–Trinajstić information content (AvgIpc) is 3.34. The normalized spacial score (nSPS) is 11.0. The zero-order valence-corrected chi connectivity index (χ0v) is 19.0. The van der Waals surface area contributed by atoms with Crippen LogP contribution in [0.4, 0.5) is 5.69 Å². The lowest BCUT2D eigenvalue weighted by atomic mass is 10.2. The molecule has 3 N–H and O–H groups in total. The number of rotatable bonds is 6. The molecule has 0 aliphatic carbocycles. The minimum absolute atomic E-state index is 0.0378. The summed E-state index contributed by atoms with van der Waals surface area (Å²) in [5.41, 5.74) is 5.90. The van der Waals surface area contributed by atoms with Crippen molar-refractivity contribution in [3.05, 3.63) is 108 Å². The number of para-hydroxylation sites is 1. The van der Waals surface area contributed by atoms with Crippen LogP contribution in [0, 0.1) is 0 Å². The second kappa shape index (κ2) is 9.77. The SMILES string of the molecule is O=C(NNC(=O)c1cncn1-c1ccccc1)c1cccc(S(=O)(=O)Nc2ccc(Cl)cc2)c1. The number of carbonyl (C=O) groups excluding carboxylic acids is 2. The van der Waals surface area contributed by atoms with Crippen molar-refractivity contribution in [1.29, 1.82) is 0 Å². The van der Waals surface area contributed by atoms with Crippen LogP contribution >= 0.6 is 11.6 Å². The van der Waals surface area contributed by atoms with E-state index in [-0.39, 0.29) is 16.2 Å². The van der Waals surface area contributed by atoms with Gasteiger partial charge in [0.15, 0.2) is 0 Å². The first kappa shape index (κ1) is 23.0. The van der Waals surface area contributed by atoms with E-state index >= 15 is 0 Å². The fourth-order valence-corrected chi connectivity index (χ4v) is 4.27. The lowest BCUT2D eigenvalue weighted by Crippen LogP contribution is -2.42. The number of sulfonamides is 1. The minimum Gasteiger partial charge on any atom is -0.295 e. The molecule has 0 fully saturated rings. The molecule has 34 heavy (non-hydrogen) atoms. The monoisotopic (exact) mass is 495 g/mol. The second-order valence-corrected chi connectivity index (χ2v) is 9.15. The van der Waals surface area contributed by atoms with Gasteiger partial charge in [0.1, 0.15) is 5.69 Å². The van der Waals surface area contributed by atoms with Crippen molar-refractivity contribution in [2.45, 2.75) is 4.90 Å². The Bertz CT molecular complexity index is 1440. The first-order valence-electron chi connectivity index (χ1n) is 9.90. The van der Waals surface area contributed by atoms with Crippen LogP contribution in [0.25, 0.3) is 5.69 Å². The van der Waals surface area contributed by atoms with E-state index in [4.69, 9.17) is 11.6 Å². The topological polar surface area (TPSA) is 122 Å². The van der Waals surface area contributed by atoms with E-state index < -0.39 is 21.8 Å². The molecule has 9 nitrogen and oxygen atoms in total. The van der Waals surface area contributed by atoms with E-state index in [2.05, 4.69) is 20.6 Å². The van der Waals surface area contributed by atoms with Crippen molar-refractivity contribution in [3.8, 4) is 5.69 Å². The van der Waals surface area contributed by atoms with Crippen molar-refractivity contribution in [1.82, 2.24) is 20.4 Å². The van der Waals surface area contributed by atoms with E-state index in [1.807, 2.05) is 18.2 Å². The van der Waals surface area contributed by atoms with Crippen molar-refractivity contribution in [3.63, 3.8) is 0 Å². The average molecular weight is 496 g/mol. The first-order chi connectivity index (χ1) is 16.3. The number of benzene rings is 3. The minimum atomic E-state index is -3.96. The van der Waals surface area contributed by atoms with Crippen LogP contribution in [-0.2, 0) is 10.0 Å². The van der Waals surface area contributed by atoms with Crippen molar-refractivity contribution < 1.29 is 18.0 Å². The third-order valence-corrected chi connectivity index (χ3v) is 6.33. The van der Waals surface area contributed by atoms with E-state index in [9.17, 15) is 18.0 Å². The van der Waals surface area contributed by atoms with Crippen LogP contribution in [0.2, 0.25) is 5.02 Å².